The second kappa shape index (κ2) is 5.87. The van der Waals surface area contributed by atoms with Crippen molar-refractivity contribution in [2.24, 2.45) is 5.73 Å². The lowest BCUT2D eigenvalue weighted by atomic mass is 9.86. The van der Waals surface area contributed by atoms with Crippen LogP contribution in [0.2, 0.25) is 0 Å². The van der Waals surface area contributed by atoms with Crippen LogP contribution < -0.4 is 5.73 Å². The second-order valence-electron chi connectivity index (χ2n) is 6.16. The molecule has 2 fully saturated rings. The van der Waals surface area contributed by atoms with Crippen LogP contribution in [-0.4, -0.2) is 67.3 Å². The first-order valence-corrected chi connectivity index (χ1v) is 7.34. The van der Waals surface area contributed by atoms with Gasteiger partial charge in [0, 0.05) is 50.5 Å². The third kappa shape index (κ3) is 2.72. The number of hydrogen-bond acceptors (Lipinski definition) is 4. The van der Waals surface area contributed by atoms with Crippen LogP contribution in [0.25, 0.3) is 0 Å². The van der Waals surface area contributed by atoms with Gasteiger partial charge in [-0.2, -0.15) is 0 Å². The Labute approximate surface area is 111 Å². The highest BCUT2D eigenvalue weighted by molar-refractivity contribution is 4.97. The van der Waals surface area contributed by atoms with Crippen LogP contribution in [0.1, 0.15) is 33.1 Å². The molecule has 0 saturated carbocycles. The normalized spacial score (nSPS) is 40.7. The maximum Gasteiger partial charge on any atom is 0.0484 e. The first kappa shape index (κ1) is 14.3. The molecule has 2 heterocycles. The lowest BCUT2D eigenvalue weighted by molar-refractivity contribution is -0.0186. The van der Waals surface area contributed by atoms with Gasteiger partial charge in [0.25, 0.3) is 0 Å². The minimum atomic E-state index is 0.181. The fourth-order valence-corrected chi connectivity index (χ4v) is 3.43. The van der Waals surface area contributed by atoms with Gasteiger partial charge >= 0.3 is 0 Å². The quantitative estimate of drug-likeness (QED) is 0.796. The smallest absolute Gasteiger partial charge is 0.0484 e. The molecule has 0 spiro atoms. The van der Waals surface area contributed by atoms with Crippen molar-refractivity contribution in [3.63, 3.8) is 0 Å². The standard InChI is InChI=1S/C14H29N3O/c1-12-9-17(10-13(2)16(12)3)14(11-15)5-4-7-18-8-6-14/h12-13H,4-11,15H2,1-3H3. The summed E-state index contributed by atoms with van der Waals surface area (Å²) in [5.74, 6) is 0. The van der Waals surface area contributed by atoms with Gasteiger partial charge in [-0.1, -0.05) is 0 Å². The van der Waals surface area contributed by atoms with Crippen LogP contribution in [0.3, 0.4) is 0 Å². The molecule has 2 rings (SSSR count). The van der Waals surface area contributed by atoms with E-state index in [1.54, 1.807) is 0 Å². The van der Waals surface area contributed by atoms with Crippen LogP contribution in [0, 0.1) is 0 Å². The van der Waals surface area contributed by atoms with Crippen molar-refractivity contribution < 1.29 is 4.74 Å². The van der Waals surface area contributed by atoms with E-state index in [9.17, 15) is 0 Å². The maximum atomic E-state index is 6.15. The van der Waals surface area contributed by atoms with Gasteiger partial charge in [0.2, 0.25) is 0 Å². The van der Waals surface area contributed by atoms with E-state index < -0.39 is 0 Å². The summed E-state index contributed by atoms with van der Waals surface area (Å²) in [6, 6.07) is 1.22. The predicted molar refractivity (Wildman–Crippen MR) is 74.7 cm³/mol. The Hall–Kier alpha value is -0.160. The molecule has 3 unspecified atom stereocenters. The number of nitrogens with two attached hydrogens (primary N) is 1. The molecule has 0 radical (unpaired) electrons. The van der Waals surface area contributed by atoms with Crippen molar-refractivity contribution >= 4 is 0 Å². The number of nitrogens with zero attached hydrogens (tertiary/aromatic N) is 2. The summed E-state index contributed by atoms with van der Waals surface area (Å²) in [5, 5.41) is 0. The molecule has 2 aliphatic heterocycles. The molecule has 3 atom stereocenters. The SMILES string of the molecule is CC1CN(C2(CN)CCCOCC2)CC(C)N1C. The fourth-order valence-electron chi connectivity index (χ4n) is 3.43. The number of likely N-dealkylation sites (N-methyl/N-ethyl adjacent to an activating group) is 1. The molecule has 106 valence electrons. The van der Waals surface area contributed by atoms with Crippen LogP contribution in [0.15, 0.2) is 0 Å². The van der Waals surface area contributed by atoms with Gasteiger partial charge < -0.3 is 10.5 Å². The average Bonchev–Trinajstić information content (AvgIpc) is 2.61. The van der Waals surface area contributed by atoms with Gasteiger partial charge in [0.05, 0.1) is 0 Å². The topological polar surface area (TPSA) is 41.7 Å². The molecule has 0 bridgehead atoms. The van der Waals surface area contributed by atoms with Crippen molar-refractivity contribution in [1.82, 2.24) is 9.80 Å². The highest BCUT2D eigenvalue weighted by Gasteiger charge is 2.40. The summed E-state index contributed by atoms with van der Waals surface area (Å²) in [4.78, 5) is 5.13. The number of hydrogen-bond donors (Lipinski definition) is 1. The van der Waals surface area contributed by atoms with Gasteiger partial charge in [-0.05, 0) is 40.2 Å². The predicted octanol–water partition coefficient (Wildman–Crippen LogP) is 0.909. The van der Waals surface area contributed by atoms with Crippen LogP contribution >= 0.6 is 0 Å². The maximum absolute atomic E-state index is 6.15. The van der Waals surface area contributed by atoms with Crippen molar-refractivity contribution in [3.8, 4) is 0 Å². The molecule has 2 saturated heterocycles. The van der Waals surface area contributed by atoms with Gasteiger partial charge in [-0.25, -0.2) is 0 Å². The Morgan fingerprint density at radius 2 is 1.83 bits per heavy atom. The molecule has 2 aliphatic rings. The monoisotopic (exact) mass is 255 g/mol. The summed E-state index contributed by atoms with van der Waals surface area (Å²) >= 11 is 0. The third-order valence-electron chi connectivity index (χ3n) is 5.05. The lowest BCUT2D eigenvalue weighted by Gasteiger charge is -2.51. The minimum Gasteiger partial charge on any atom is -0.381 e. The van der Waals surface area contributed by atoms with E-state index in [0.717, 1.165) is 45.7 Å². The first-order valence-electron chi connectivity index (χ1n) is 7.34. The summed E-state index contributed by atoms with van der Waals surface area (Å²) in [5.41, 5.74) is 6.33. The highest BCUT2D eigenvalue weighted by Crippen LogP contribution is 2.30. The largest absolute Gasteiger partial charge is 0.381 e. The summed E-state index contributed by atoms with van der Waals surface area (Å²) < 4.78 is 5.62. The Balaban J connectivity index is 2.11. The van der Waals surface area contributed by atoms with Crippen LogP contribution in [-0.2, 0) is 4.74 Å². The highest BCUT2D eigenvalue weighted by atomic mass is 16.5. The molecule has 2 N–H and O–H groups in total. The second-order valence-corrected chi connectivity index (χ2v) is 6.16. The molecular formula is C14H29N3O. The third-order valence-corrected chi connectivity index (χ3v) is 5.05. The van der Waals surface area contributed by atoms with E-state index in [2.05, 4.69) is 30.7 Å². The molecule has 0 aliphatic carbocycles. The van der Waals surface area contributed by atoms with E-state index in [1.165, 1.54) is 6.42 Å². The summed E-state index contributed by atoms with van der Waals surface area (Å²) in [7, 11) is 2.23. The van der Waals surface area contributed by atoms with E-state index in [4.69, 9.17) is 10.5 Å². The molecular weight excluding hydrogens is 226 g/mol. The van der Waals surface area contributed by atoms with Crippen molar-refractivity contribution in [1.29, 1.82) is 0 Å². The first-order chi connectivity index (χ1) is 8.59. The molecule has 4 nitrogen and oxygen atoms in total. The van der Waals surface area contributed by atoms with Crippen LogP contribution in [0.4, 0.5) is 0 Å². The van der Waals surface area contributed by atoms with E-state index in [-0.39, 0.29) is 5.54 Å². The lowest BCUT2D eigenvalue weighted by Crippen LogP contribution is -2.64. The van der Waals surface area contributed by atoms with Crippen molar-refractivity contribution in [3.05, 3.63) is 0 Å². The number of ether oxygens (including phenoxy) is 1. The minimum absolute atomic E-state index is 0.181. The molecule has 0 aromatic heterocycles. The zero-order chi connectivity index (χ0) is 13.2. The van der Waals surface area contributed by atoms with E-state index >= 15 is 0 Å². The zero-order valence-electron chi connectivity index (χ0n) is 12.2. The number of rotatable bonds is 2. The summed E-state index contributed by atoms with van der Waals surface area (Å²) in [6.45, 7) is 9.45. The average molecular weight is 255 g/mol. The van der Waals surface area contributed by atoms with Gasteiger partial charge in [-0.15, -0.1) is 0 Å². The molecule has 0 aromatic carbocycles. The summed E-state index contributed by atoms with van der Waals surface area (Å²) in [6.07, 6.45) is 3.42. The van der Waals surface area contributed by atoms with Crippen molar-refractivity contribution in [2.45, 2.75) is 50.7 Å². The Bertz CT molecular complexity index is 252. The Morgan fingerprint density at radius 3 is 2.44 bits per heavy atom. The molecule has 18 heavy (non-hydrogen) atoms. The van der Waals surface area contributed by atoms with Crippen LogP contribution in [0.5, 0.6) is 0 Å². The van der Waals surface area contributed by atoms with E-state index in [1.807, 2.05) is 0 Å². The zero-order valence-corrected chi connectivity index (χ0v) is 12.2. The van der Waals surface area contributed by atoms with Gasteiger partial charge in [0.15, 0.2) is 0 Å². The Kier molecular flexibility index (Phi) is 4.64. The van der Waals surface area contributed by atoms with Gasteiger partial charge in [-0.3, -0.25) is 9.80 Å². The van der Waals surface area contributed by atoms with Gasteiger partial charge in [0.1, 0.15) is 0 Å². The Morgan fingerprint density at radius 1 is 1.17 bits per heavy atom. The molecule has 4 heteroatoms. The number of piperazine rings is 1. The van der Waals surface area contributed by atoms with Crippen molar-refractivity contribution in [2.75, 3.05) is 39.9 Å². The fraction of sp³-hybridized carbons (Fsp3) is 1.00. The van der Waals surface area contributed by atoms with E-state index in [0.29, 0.717) is 12.1 Å². The molecule has 0 amide bonds. The molecule has 0 aromatic rings.